The minimum atomic E-state index is -0.918. The van der Waals surface area contributed by atoms with Crippen LogP contribution in [0.4, 0.5) is 0 Å². The fraction of sp³-hybridized carbons (Fsp3) is 0.579. The first-order valence-electron chi connectivity index (χ1n) is 8.73. The molecule has 1 N–H and O–H groups in total. The SMILES string of the molecule is O=C(O)C1c2ccccc2CCN1C(=O)CC1CC2CCC1C2. The van der Waals surface area contributed by atoms with E-state index in [1.54, 1.807) is 4.90 Å². The van der Waals surface area contributed by atoms with E-state index in [9.17, 15) is 14.7 Å². The minimum Gasteiger partial charge on any atom is -0.479 e. The molecule has 4 heteroatoms. The number of carbonyl (C=O) groups excluding carboxylic acids is 1. The van der Waals surface area contributed by atoms with E-state index in [4.69, 9.17) is 0 Å². The standard InChI is InChI=1S/C19H23NO3/c21-17(11-15-10-12-5-6-14(15)9-12)20-8-7-13-3-1-2-4-16(13)18(20)19(22)23/h1-4,12,14-15,18H,5-11H2,(H,22,23). The number of hydrogen-bond donors (Lipinski definition) is 1. The van der Waals surface area contributed by atoms with Gasteiger partial charge in [0.1, 0.15) is 0 Å². The van der Waals surface area contributed by atoms with Crippen molar-refractivity contribution >= 4 is 11.9 Å². The van der Waals surface area contributed by atoms with Gasteiger partial charge >= 0.3 is 5.97 Å². The third-order valence-electron chi connectivity index (χ3n) is 6.16. The number of rotatable bonds is 3. The second-order valence-corrected chi connectivity index (χ2v) is 7.42. The molecule has 4 rings (SSSR count). The van der Waals surface area contributed by atoms with Crippen molar-refractivity contribution in [3.05, 3.63) is 35.4 Å². The Morgan fingerprint density at radius 3 is 2.70 bits per heavy atom. The first-order valence-corrected chi connectivity index (χ1v) is 8.73. The molecule has 1 aromatic rings. The van der Waals surface area contributed by atoms with Gasteiger partial charge in [0.15, 0.2) is 6.04 Å². The third-order valence-corrected chi connectivity index (χ3v) is 6.16. The van der Waals surface area contributed by atoms with Crippen LogP contribution in [0.15, 0.2) is 24.3 Å². The van der Waals surface area contributed by atoms with Gasteiger partial charge in [-0.1, -0.05) is 30.7 Å². The van der Waals surface area contributed by atoms with Gasteiger partial charge in [-0.3, -0.25) is 4.79 Å². The highest BCUT2D eigenvalue weighted by Gasteiger charge is 2.42. The lowest BCUT2D eigenvalue weighted by atomic mass is 9.85. The average molecular weight is 313 g/mol. The van der Waals surface area contributed by atoms with Crippen LogP contribution < -0.4 is 0 Å². The zero-order chi connectivity index (χ0) is 16.0. The van der Waals surface area contributed by atoms with E-state index < -0.39 is 12.0 Å². The van der Waals surface area contributed by atoms with Gasteiger partial charge in [0.2, 0.25) is 5.91 Å². The van der Waals surface area contributed by atoms with Gasteiger partial charge < -0.3 is 10.0 Å². The summed E-state index contributed by atoms with van der Waals surface area (Å²) in [5, 5.41) is 9.68. The molecule has 0 spiro atoms. The quantitative estimate of drug-likeness (QED) is 0.933. The number of carboxylic acid groups (broad SMARTS) is 1. The molecule has 2 bridgehead atoms. The lowest BCUT2D eigenvalue weighted by Crippen LogP contribution is -2.44. The van der Waals surface area contributed by atoms with Gasteiger partial charge in [0.05, 0.1) is 0 Å². The summed E-state index contributed by atoms with van der Waals surface area (Å²) in [5.41, 5.74) is 1.84. The van der Waals surface area contributed by atoms with Crippen LogP contribution in [0.25, 0.3) is 0 Å². The average Bonchev–Trinajstić information content (AvgIpc) is 3.16. The lowest BCUT2D eigenvalue weighted by molar-refractivity contribution is -0.151. The molecule has 122 valence electrons. The number of carboxylic acids is 1. The summed E-state index contributed by atoms with van der Waals surface area (Å²) in [6, 6.07) is 6.81. The molecule has 0 aromatic heterocycles. The molecule has 0 saturated heterocycles. The molecule has 3 aliphatic rings. The molecule has 2 saturated carbocycles. The van der Waals surface area contributed by atoms with Crippen LogP contribution in [0, 0.1) is 17.8 Å². The maximum atomic E-state index is 12.8. The Balaban J connectivity index is 1.53. The van der Waals surface area contributed by atoms with Gasteiger partial charge in [0.25, 0.3) is 0 Å². The molecule has 1 aliphatic heterocycles. The Labute approximate surface area is 136 Å². The molecule has 4 atom stereocenters. The van der Waals surface area contributed by atoms with Crippen LogP contribution >= 0.6 is 0 Å². The van der Waals surface area contributed by atoms with E-state index in [1.807, 2.05) is 24.3 Å². The van der Waals surface area contributed by atoms with Gasteiger partial charge in [-0.05, 0) is 54.6 Å². The zero-order valence-electron chi connectivity index (χ0n) is 13.3. The monoisotopic (exact) mass is 313 g/mol. The van der Waals surface area contributed by atoms with E-state index in [1.165, 1.54) is 25.7 Å². The third kappa shape index (κ3) is 2.54. The van der Waals surface area contributed by atoms with Crippen LogP contribution in [0.3, 0.4) is 0 Å². The predicted molar refractivity (Wildman–Crippen MR) is 85.8 cm³/mol. The Kier molecular flexibility index (Phi) is 3.63. The summed E-state index contributed by atoms with van der Waals surface area (Å²) in [5.74, 6) is 1.11. The van der Waals surface area contributed by atoms with Gasteiger partial charge in [0, 0.05) is 13.0 Å². The summed E-state index contributed by atoms with van der Waals surface area (Å²) in [4.78, 5) is 26.2. The molecule has 23 heavy (non-hydrogen) atoms. The predicted octanol–water partition coefficient (Wildman–Crippen LogP) is 3.02. The number of fused-ring (bicyclic) bond motifs is 3. The van der Waals surface area contributed by atoms with Crippen molar-refractivity contribution in [2.75, 3.05) is 6.54 Å². The summed E-state index contributed by atoms with van der Waals surface area (Å²) in [7, 11) is 0. The minimum absolute atomic E-state index is 0.0319. The fourth-order valence-electron chi connectivity index (χ4n) is 5.07. The van der Waals surface area contributed by atoms with E-state index >= 15 is 0 Å². The number of benzene rings is 1. The number of aliphatic carboxylic acids is 1. The Hall–Kier alpha value is -1.84. The Morgan fingerprint density at radius 1 is 1.17 bits per heavy atom. The number of amides is 1. The van der Waals surface area contributed by atoms with Crippen molar-refractivity contribution < 1.29 is 14.7 Å². The van der Waals surface area contributed by atoms with Gasteiger partial charge in [-0.15, -0.1) is 0 Å². The maximum Gasteiger partial charge on any atom is 0.331 e. The second-order valence-electron chi connectivity index (χ2n) is 7.42. The molecule has 0 radical (unpaired) electrons. The Morgan fingerprint density at radius 2 is 2.00 bits per heavy atom. The highest BCUT2D eigenvalue weighted by atomic mass is 16.4. The molecule has 1 heterocycles. The van der Waals surface area contributed by atoms with Gasteiger partial charge in [-0.25, -0.2) is 4.79 Å². The second kappa shape index (κ2) is 5.66. The molecule has 1 aromatic carbocycles. The van der Waals surface area contributed by atoms with Crippen molar-refractivity contribution in [3.63, 3.8) is 0 Å². The van der Waals surface area contributed by atoms with Gasteiger partial charge in [-0.2, -0.15) is 0 Å². The molecule has 2 fully saturated rings. The van der Waals surface area contributed by atoms with Crippen LogP contribution in [0.1, 0.15) is 49.3 Å². The molecule has 1 amide bonds. The summed E-state index contributed by atoms with van der Waals surface area (Å²) < 4.78 is 0. The number of hydrogen-bond acceptors (Lipinski definition) is 2. The molecule has 2 aliphatic carbocycles. The normalized spacial score (nSPS) is 31.9. The van der Waals surface area contributed by atoms with Crippen molar-refractivity contribution in [2.45, 2.75) is 44.6 Å². The topological polar surface area (TPSA) is 57.6 Å². The van der Waals surface area contributed by atoms with Crippen molar-refractivity contribution in [2.24, 2.45) is 17.8 Å². The van der Waals surface area contributed by atoms with E-state index in [-0.39, 0.29) is 5.91 Å². The maximum absolute atomic E-state index is 12.8. The van der Waals surface area contributed by atoms with Crippen LogP contribution in [-0.2, 0) is 16.0 Å². The molecular weight excluding hydrogens is 290 g/mol. The van der Waals surface area contributed by atoms with Crippen LogP contribution in [-0.4, -0.2) is 28.4 Å². The highest BCUT2D eigenvalue weighted by Crippen LogP contribution is 2.50. The largest absolute Gasteiger partial charge is 0.479 e. The highest BCUT2D eigenvalue weighted by molar-refractivity contribution is 5.85. The number of nitrogens with zero attached hydrogens (tertiary/aromatic N) is 1. The van der Waals surface area contributed by atoms with E-state index in [0.717, 1.165) is 23.5 Å². The van der Waals surface area contributed by atoms with E-state index in [0.29, 0.717) is 24.8 Å². The molecular formula is C19H23NO3. The molecule has 4 unspecified atom stereocenters. The summed E-state index contributed by atoms with van der Waals surface area (Å²) >= 11 is 0. The first-order chi connectivity index (χ1) is 11.1. The van der Waals surface area contributed by atoms with Crippen molar-refractivity contribution in [1.29, 1.82) is 0 Å². The summed E-state index contributed by atoms with van der Waals surface area (Å²) in [6.07, 6.45) is 6.31. The molecule has 4 nitrogen and oxygen atoms in total. The smallest absolute Gasteiger partial charge is 0.331 e. The van der Waals surface area contributed by atoms with E-state index in [2.05, 4.69) is 0 Å². The summed E-state index contributed by atoms with van der Waals surface area (Å²) in [6.45, 7) is 0.521. The Bertz CT molecular complexity index is 641. The lowest BCUT2D eigenvalue weighted by Gasteiger charge is -2.36. The fourth-order valence-corrected chi connectivity index (χ4v) is 5.07. The first kappa shape index (κ1) is 14.7. The van der Waals surface area contributed by atoms with Crippen molar-refractivity contribution in [1.82, 2.24) is 4.90 Å². The number of carbonyl (C=O) groups is 2. The zero-order valence-corrected chi connectivity index (χ0v) is 13.3. The van der Waals surface area contributed by atoms with Crippen LogP contribution in [0.5, 0.6) is 0 Å². The van der Waals surface area contributed by atoms with Crippen molar-refractivity contribution in [3.8, 4) is 0 Å². The van der Waals surface area contributed by atoms with Crippen LogP contribution in [0.2, 0.25) is 0 Å².